The number of amides is 2. The maximum Gasteiger partial charge on any atom is 0.326 e. The van der Waals surface area contributed by atoms with Crippen LogP contribution >= 0.6 is 11.8 Å². The molecular weight excluding hydrogens is 278 g/mol. The van der Waals surface area contributed by atoms with Gasteiger partial charge in [0.2, 0.25) is 0 Å². The lowest BCUT2D eigenvalue weighted by Gasteiger charge is -2.35. The molecule has 1 aliphatic carbocycles. The summed E-state index contributed by atoms with van der Waals surface area (Å²) in [7, 11) is 0. The summed E-state index contributed by atoms with van der Waals surface area (Å²) in [4.78, 5) is 27.4. The number of thioether (sulfide) groups is 1. The SMILES string of the molecule is CSCC[C@@H](NC(=O)N1CCN(C2CC2)CC1)C(=O)O. The van der Waals surface area contributed by atoms with E-state index in [0.717, 1.165) is 24.9 Å². The summed E-state index contributed by atoms with van der Waals surface area (Å²) < 4.78 is 0. The van der Waals surface area contributed by atoms with Gasteiger partial charge < -0.3 is 15.3 Å². The van der Waals surface area contributed by atoms with E-state index in [1.54, 1.807) is 16.7 Å². The molecule has 0 bridgehead atoms. The van der Waals surface area contributed by atoms with E-state index < -0.39 is 12.0 Å². The number of rotatable bonds is 6. The van der Waals surface area contributed by atoms with Gasteiger partial charge in [-0.2, -0.15) is 11.8 Å². The molecule has 6 nitrogen and oxygen atoms in total. The van der Waals surface area contributed by atoms with E-state index in [-0.39, 0.29) is 6.03 Å². The lowest BCUT2D eigenvalue weighted by Crippen LogP contribution is -2.55. The Morgan fingerprint density at radius 2 is 1.95 bits per heavy atom. The number of nitrogens with one attached hydrogen (secondary N) is 1. The minimum Gasteiger partial charge on any atom is -0.480 e. The second-order valence-corrected chi connectivity index (χ2v) is 6.36. The van der Waals surface area contributed by atoms with Crippen molar-refractivity contribution in [2.75, 3.05) is 38.2 Å². The molecule has 1 heterocycles. The topological polar surface area (TPSA) is 72.9 Å². The molecule has 0 aromatic rings. The molecule has 1 aliphatic heterocycles. The molecule has 114 valence electrons. The van der Waals surface area contributed by atoms with E-state index in [1.807, 2.05) is 6.26 Å². The zero-order chi connectivity index (χ0) is 14.5. The largest absolute Gasteiger partial charge is 0.480 e. The van der Waals surface area contributed by atoms with Crippen LogP contribution in [0.3, 0.4) is 0 Å². The highest BCUT2D eigenvalue weighted by Gasteiger charge is 2.32. The highest BCUT2D eigenvalue weighted by atomic mass is 32.2. The standard InChI is InChI=1S/C13H23N3O3S/c1-20-9-4-11(12(17)18)14-13(19)16-7-5-15(6-8-16)10-2-3-10/h10-11H,2-9H2,1H3,(H,14,19)(H,17,18)/t11-/m1/s1. The molecule has 0 radical (unpaired) electrons. The monoisotopic (exact) mass is 301 g/mol. The van der Waals surface area contributed by atoms with Gasteiger partial charge in [-0.15, -0.1) is 0 Å². The summed E-state index contributed by atoms with van der Waals surface area (Å²) in [6, 6.07) is -0.293. The van der Waals surface area contributed by atoms with Crippen molar-refractivity contribution >= 4 is 23.8 Å². The first kappa shape index (κ1) is 15.4. The van der Waals surface area contributed by atoms with Gasteiger partial charge in [0.1, 0.15) is 6.04 Å². The summed E-state index contributed by atoms with van der Waals surface area (Å²) in [6.07, 6.45) is 4.95. The first-order valence-corrected chi connectivity index (χ1v) is 8.52. The number of nitrogens with zero attached hydrogens (tertiary/aromatic N) is 2. The van der Waals surface area contributed by atoms with E-state index in [0.29, 0.717) is 19.5 Å². The summed E-state index contributed by atoms with van der Waals surface area (Å²) in [5, 5.41) is 11.8. The molecular formula is C13H23N3O3S. The molecule has 1 saturated heterocycles. The number of urea groups is 1. The number of carbonyl (C=O) groups excluding carboxylic acids is 1. The first-order valence-electron chi connectivity index (χ1n) is 7.13. The van der Waals surface area contributed by atoms with Crippen LogP contribution in [0.15, 0.2) is 0 Å². The van der Waals surface area contributed by atoms with Gasteiger partial charge in [-0.3, -0.25) is 4.90 Å². The molecule has 0 aromatic carbocycles. The van der Waals surface area contributed by atoms with Crippen LogP contribution < -0.4 is 5.32 Å². The highest BCUT2D eigenvalue weighted by molar-refractivity contribution is 7.98. The third-order valence-electron chi connectivity index (χ3n) is 3.87. The molecule has 0 unspecified atom stereocenters. The zero-order valence-electron chi connectivity index (χ0n) is 11.9. The van der Waals surface area contributed by atoms with Crippen molar-refractivity contribution in [3.63, 3.8) is 0 Å². The van der Waals surface area contributed by atoms with Gasteiger partial charge >= 0.3 is 12.0 Å². The molecule has 2 aliphatic rings. The van der Waals surface area contributed by atoms with Crippen molar-refractivity contribution in [2.45, 2.75) is 31.3 Å². The van der Waals surface area contributed by atoms with Crippen LogP contribution in [0.4, 0.5) is 4.79 Å². The Morgan fingerprint density at radius 3 is 2.45 bits per heavy atom. The zero-order valence-corrected chi connectivity index (χ0v) is 12.7. The van der Waals surface area contributed by atoms with Crippen molar-refractivity contribution in [3.05, 3.63) is 0 Å². The second kappa shape index (κ2) is 7.17. The van der Waals surface area contributed by atoms with Gasteiger partial charge in [-0.1, -0.05) is 0 Å². The van der Waals surface area contributed by atoms with Crippen molar-refractivity contribution < 1.29 is 14.7 Å². The molecule has 20 heavy (non-hydrogen) atoms. The lowest BCUT2D eigenvalue weighted by atomic mass is 10.2. The number of carboxylic acid groups (broad SMARTS) is 1. The molecule has 7 heteroatoms. The van der Waals surface area contributed by atoms with E-state index in [4.69, 9.17) is 5.11 Å². The Bertz CT molecular complexity index is 355. The number of aliphatic carboxylic acids is 1. The maximum absolute atomic E-state index is 12.1. The first-order chi connectivity index (χ1) is 9.61. The molecule has 1 saturated carbocycles. The minimum atomic E-state index is -0.955. The van der Waals surface area contributed by atoms with Gasteiger partial charge in [0.05, 0.1) is 0 Å². The predicted molar refractivity (Wildman–Crippen MR) is 79.1 cm³/mol. The van der Waals surface area contributed by atoms with Crippen molar-refractivity contribution in [2.24, 2.45) is 0 Å². The molecule has 2 rings (SSSR count). The second-order valence-electron chi connectivity index (χ2n) is 5.38. The Kier molecular flexibility index (Phi) is 5.54. The van der Waals surface area contributed by atoms with Gasteiger partial charge in [-0.05, 0) is 31.3 Å². The van der Waals surface area contributed by atoms with Gasteiger partial charge in [-0.25, -0.2) is 9.59 Å². The lowest BCUT2D eigenvalue weighted by molar-refractivity contribution is -0.139. The van der Waals surface area contributed by atoms with E-state index in [9.17, 15) is 9.59 Å². The van der Waals surface area contributed by atoms with Gasteiger partial charge in [0.25, 0.3) is 0 Å². The fraction of sp³-hybridized carbons (Fsp3) is 0.846. The Hall–Kier alpha value is -0.950. The fourth-order valence-electron chi connectivity index (χ4n) is 2.46. The summed E-state index contributed by atoms with van der Waals surface area (Å²) >= 11 is 1.59. The predicted octanol–water partition coefficient (Wildman–Crippen LogP) is 0.682. The van der Waals surface area contributed by atoms with E-state index in [1.165, 1.54) is 12.8 Å². The highest BCUT2D eigenvalue weighted by Crippen LogP contribution is 2.27. The third-order valence-corrected chi connectivity index (χ3v) is 4.52. The number of hydrogen-bond acceptors (Lipinski definition) is 4. The van der Waals surface area contributed by atoms with Crippen LogP contribution in [0.5, 0.6) is 0 Å². The molecule has 2 N–H and O–H groups in total. The number of carboxylic acids is 1. The Morgan fingerprint density at radius 1 is 1.30 bits per heavy atom. The van der Waals surface area contributed by atoms with Crippen LogP contribution in [0.2, 0.25) is 0 Å². The number of piperazine rings is 1. The van der Waals surface area contributed by atoms with Crippen LogP contribution in [0.25, 0.3) is 0 Å². The average molecular weight is 301 g/mol. The quantitative estimate of drug-likeness (QED) is 0.755. The Balaban J connectivity index is 1.76. The number of carbonyl (C=O) groups is 2. The van der Waals surface area contributed by atoms with Crippen molar-refractivity contribution in [1.29, 1.82) is 0 Å². The van der Waals surface area contributed by atoms with Crippen LogP contribution in [-0.2, 0) is 4.79 Å². The third kappa shape index (κ3) is 4.28. The summed E-state index contributed by atoms with van der Waals surface area (Å²) in [5.74, 6) is -0.226. The smallest absolute Gasteiger partial charge is 0.326 e. The Labute approximate surface area is 123 Å². The molecule has 0 spiro atoms. The summed E-state index contributed by atoms with van der Waals surface area (Å²) in [5.41, 5.74) is 0. The normalized spacial score (nSPS) is 21.6. The minimum absolute atomic E-state index is 0.242. The van der Waals surface area contributed by atoms with E-state index >= 15 is 0 Å². The maximum atomic E-state index is 12.1. The number of hydrogen-bond donors (Lipinski definition) is 2. The van der Waals surface area contributed by atoms with Crippen molar-refractivity contribution in [1.82, 2.24) is 15.1 Å². The molecule has 2 amide bonds. The fourth-order valence-corrected chi connectivity index (χ4v) is 2.93. The molecule has 2 fully saturated rings. The van der Waals surface area contributed by atoms with Crippen LogP contribution in [-0.4, -0.2) is 77.2 Å². The summed E-state index contributed by atoms with van der Waals surface area (Å²) in [6.45, 7) is 3.19. The van der Waals surface area contributed by atoms with E-state index in [2.05, 4.69) is 10.2 Å². The van der Waals surface area contributed by atoms with Crippen LogP contribution in [0, 0.1) is 0 Å². The molecule has 0 aromatic heterocycles. The van der Waals surface area contributed by atoms with Gasteiger partial charge in [0.15, 0.2) is 0 Å². The van der Waals surface area contributed by atoms with Crippen molar-refractivity contribution in [3.8, 4) is 0 Å². The van der Waals surface area contributed by atoms with Gasteiger partial charge in [0, 0.05) is 32.2 Å². The molecule has 1 atom stereocenters. The van der Waals surface area contributed by atoms with Crippen LogP contribution in [0.1, 0.15) is 19.3 Å². The average Bonchev–Trinajstić information content (AvgIpc) is 3.27.